The maximum atomic E-state index is 12.5. The lowest BCUT2D eigenvalue weighted by atomic mass is 10.0. The van der Waals surface area contributed by atoms with Gasteiger partial charge in [0, 0.05) is 6.42 Å². The summed E-state index contributed by atoms with van der Waals surface area (Å²) in [4.78, 5) is 48.8. The van der Waals surface area contributed by atoms with Crippen LogP contribution in [0.5, 0.6) is 5.75 Å². The lowest BCUT2D eigenvalue weighted by Gasteiger charge is -2.27. The molecule has 1 aromatic rings. The van der Waals surface area contributed by atoms with Gasteiger partial charge < -0.3 is 4.74 Å². The summed E-state index contributed by atoms with van der Waals surface area (Å²) in [5.74, 6) is -1.84. The van der Waals surface area contributed by atoms with Crippen LogP contribution in [0, 0.1) is 0 Å². The third-order valence-corrected chi connectivity index (χ3v) is 3.65. The monoisotopic (exact) mass is 288 g/mol. The van der Waals surface area contributed by atoms with Crippen molar-refractivity contribution in [3.8, 4) is 5.75 Å². The zero-order valence-electron chi connectivity index (χ0n) is 11.2. The van der Waals surface area contributed by atoms with E-state index in [4.69, 9.17) is 4.74 Å². The van der Waals surface area contributed by atoms with Gasteiger partial charge in [0.1, 0.15) is 11.8 Å². The molecular weight excluding hydrogens is 276 g/mol. The van der Waals surface area contributed by atoms with Gasteiger partial charge in [-0.1, -0.05) is 6.07 Å². The van der Waals surface area contributed by atoms with E-state index < -0.39 is 29.7 Å². The number of methoxy groups -OCH3 is 1. The van der Waals surface area contributed by atoms with Gasteiger partial charge in [-0.25, -0.2) is 0 Å². The smallest absolute Gasteiger partial charge is 0.266 e. The molecule has 2 heterocycles. The van der Waals surface area contributed by atoms with E-state index in [0.29, 0.717) is 5.75 Å². The van der Waals surface area contributed by atoms with Gasteiger partial charge in [0.2, 0.25) is 11.8 Å². The molecule has 3 rings (SSSR count). The molecule has 0 radical (unpaired) electrons. The van der Waals surface area contributed by atoms with Gasteiger partial charge in [0.25, 0.3) is 11.8 Å². The summed E-state index contributed by atoms with van der Waals surface area (Å²) in [5.41, 5.74) is 0.374. The fourth-order valence-electron chi connectivity index (χ4n) is 2.65. The molecule has 108 valence electrons. The Morgan fingerprint density at radius 1 is 1.19 bits per heavy atom. The van der Waals surface area contributed by atoms with E-state index in [1.54, 1.807) is 12.1 Å². The summed E-state index contributed by atoms with van der Waals surface area (Å²) < 4.78 is 5.10. The van der Waals surface area contributed by atoms with E-state index in [1.165, 1.54) is 13.2 Å². The molecule has 7 heteroatoms. The second kappa shape index (κ2) is 4.69. The van der Waals surface area contributed by atoms with Crippen molar-refractivity contribution >= 4 is 23.6 Å². The SMILES string of the molecule is COc1cccc2c1C(=O)N([C@@H]1CCC(=O)NC1=O)C2=O. The maximum Gasteiger partial charge on any atom is 0.266 e. The Morgan fingerprint density at radius 2 is 1.95 bits per heavy atom. The molecule has 1 saturated heterocycles. The second-order valence-electron chi connectivity index (χ2n) is 4.83. The van der Waals surface area contributed by atoms with Crippen molar-refractivity contribution in [2.75, 3.05) is 7.11 Å². The summed E-state index contributed by atoms with van der Waals surface area (Å²) >= 11 is 0. The van der Waals surface area contributed by atoms with Crippen molar-refractivity contribution in [1.29, 1.82) is 0 Å². The number of imide groups is 2. The highest BCUT2D eigenvalue weighted by Crippen LogP contribution is 2.33. The molecule has 0 spiro atoms. The fourth-order valence-corrected chi connectivity index (χ4v) is 2.65. The van der Waals surface area contributed by atoms with Gasteiger partial charge >= 0.3 is 0 Å². The minimum atomic E-state index is -0.959. The summed E-state index contributed by atoms with van der Waals surface area (Å²) in [6.07, 6.45) is 0.236. The van der Waals surface area contributed by atoms with Crippen LogP contribution >= 0.6 is 0 Å². The first-order valence-electron chi connectivity index (χ1n) is 6.43. The molecular formula is C14H12N2O5. The minimum Gasteiger partial charge on any atom is -0.496 e. The molecule has 21 heavy (non-hydrogen) atoms. The van der Waals surface area contributed by atoms with Crippen molar-refractivity contribution in [3.63, 3.8) is 0 Å². The van der Waals surface area contributed by atoms with Gasteiger partial charge in [0.05, 0.1) is 18.2 Å². The molecule has 2 aliphatic heterocycles. The molecule has 1 fully saturated rings. The number of carbonyl (C=O) groups is 4. The molecule has 1 aromatic carbocycles. The molecule has 4 amide bonds. The highest BCUT2D eigenvalue weighted by atomic mass is 16.5. The van der Waals surface area contributed by atoms with Crippen LogP contribution in [0.25, 0.3) is 0 Å². The number of carbonyl (C=O) groups excluding carboxylic acids is 4. The summed E-state index contributed by atoms with van der Waals surface area (Å²) in [6, 6.07) is 3.75. The van der Waals surface area contributed by atoms with Crippen molar-refractivity contribution in [2.24, 2.45) is 0 Å². The standard InChI is InChI=1S/C14H12N2O5/c1-21-9-4-2-3-7-11(9)14(20)16(13(7)19)8-5-6-10(17)15-12(8)18/h2-4,8H,5-6H2,1H3,(H,15,17,18)/t8-/m1/s1. The number of nitrogens with zero attached hydrogens (tertiary/aromatic N) is 1. The number of ether oxygens (including phenoxy) is 1. The van der Waals surface area contributed by atoms with Crippen molar-refractivity contribution in [3.05, 3.63) is 29.3 Å². The van der Waals surface area contributed by atoms with Crippen LogP contribution in [0.2, 0.25) is 0 Å². The second-order valence-corrected chi connectivity index (χ2v) is 4.83. The lowest BCUT2D eigenvalue weighted by Crippen LogP contribution is -2.54. The summed E-state index contributed by atoms with van der Waals surface area (Å²) in [7, 11) is 1.40. The number of amides is 4. The Balaban J connectivity index is 2.00. The Labute approximate surface area is 119 Å². The van der Waals surface area contributed by atoms with E-state index in [2.05, 4.69) is 5.32 Å². The van der Waals surface area contributed by atoms with E-state index >= 15 is 0 Å². The van der Waals surface area contributed by atoms with Gasteiger partial charge in [-0.15, -0.1) is 0 Å². The van der Waals surface area contributed by atoms with Gasteiger partial charge in [0.15, 0.2) is 0 Å². The number of piperidine rings is 1. The van der Waals surface area contributed by atoms with Crippen LogP contribution in [0.4, 0.5) is 0 Å². The average molecular weight is 288 g/mol. The van der Waals surface area contributed by atoms with Gasteiger partial charge in [-0.3, -0.25) is 29.4 Å². The van der Waals surface area contributed by atoms with Crippen LogP contribution < -0.4 is 10.1 Å². The highest BCUT2D eigenvalue weighted by molar-refractivity contribution is 6.24. The predicted molar refractivity (Wildman–Crippen MR) is 69.7 cm³/mol. The molecule has 0 aliphatic carbocycles. The molecule has 1 atom stereocenters. The van der Waals surface area contributed by atoms with Crippen molar-refractivity contribution in [2.45, 2.75) is 18.9 Å². The molecule has 0 saturated carbocycles. The Morgan fingerprint density at radius 3 is 2.62 bits per heavy atom. The van der Waals surface area contributed by atoms with Crippen LogP contribution in [0.1, 0.15) is 33.6 Å². The predicted octanol–water partition coefficient (Wildman–Crippen LogP) is 0.0964. The highest BCUT2D eigenvalue weighted by Gasteiger charge is 2.45. The van der Waals surface area contributed by atoms with Crippen molar-refractivity contribution < 1.29 is 23.9 Å². The van der Waals surface area contributed by atoms with E-state index in [0.717, 1.165) is 4.90 Å². The molecule has 0 unspecified atom stereocenters. The molecule has 0 aromatic heterocycles. The number of rotatable bonds is 2. The van der Waals surface area contributed by atoms with Crippen LogP contribution in [0.15, 0.2) is 18.2 Å². The largest absolute Gasteiger partial charge is 0.496 e. The van der Waals surface area contributed by atoms with Gasteiger partial charge in [-0.05, 0) is 18.6 Å². The average Bonchev–Trinajstić information content (AvgIpc) is 2.72. The third kappa shape index (κ3) is 1.89. The number of benzene rings is 1. The quantitative estimate of drug-likeness (QED) is 0.779. The van der Waals surface area contributed by atoms with E-state index in [1.807, 2.05) is 0 Å². The van der Waals surface area contributed by atoms with Crippen molar-refractivity contribution in [1.82, 2.24) is 10.2 Å². The first-order valence-corrected chi connectivity index (χ1v) is 6.43. The first kappa shape index (κ1) is 13.3. The summed E-state index contributed by atoms with van der Waals surface area (Å²) in [5, 5.41) is 2.15. The Bertz CT molecular complexity index is 682. The number of hydrogen-bond acceptors (Lipinski definition) is 5. The number of fused-ring (bicyclic) bond motifs is 1. The number of hydrogen-bond donors (Lipinski definition) is 1. The maximum absolute atomic E-state index is 12.5. The zero-order valence-corrected chi connectivity index (χ0v) is 11.2. The third-order valence-electron chi connectivity index (χ3n) is 3.65. The normalized spacial score (nSPS) is 21.4. The van der Waals surface area contributed by atoms with E-state index in [9.17, 15) is 19.2 Å². The van der Waals surface area contributed by atoms with Crippen LogP contribution in [-0.2, 0) is 9.59 Å². The Hall–Kier alpha value is -2.70. The summed E-state index contributed by atoms with van der Waals surface area (Å²) in [6.45, 7) is 0. The Kier molecular flexibility index (Phi) is 2.97. The minimum absolute atomic E-state index is 0.0982. The molecule has 1 N–H and O–H groups in total. The molecule has 0 bridgehead atoms. The molecule has 7 nitrogen and oxygen atoms in total. The fraction of sp³-hybridized carbons (Fsp3) is 0.286. The lowest BCUT2D eigenvalue weighted by molar-refractivity contribution is -0.136. The first-order chi connectivity index (χ1) is 10.0. The van der Waals surface area contributed by atoms with Gasteiger partial charge in [-0.2, -0.15) is 0 Å². The van der Waals surface area contributed by atoms with Crippen LogP contribution in [-0.4, -0.2) is 41.7 Å². The topological polar surface area (TPSA) is 92.8 Å². The zero-order chi connectivity index (χ0) is 15.1. The molecule has 2 aliphatic rings. The number of nitrogens with one attached hydrogen (secondary N) is 1. The van der Waals surface area contributed by atoms with E-state index in [-0.39, 0.29) is 24.0 Å². The van der Waals surface area contributed by atoms with Crippen LogP contribution in [0.3, 0.4) is 0 Å².